The maximum atomic E-state index is 13.4. The molecule has 1 heterocycles. The highest BCUT2D eigenvalue weighted by atomic mass is 19.1. The first-order chi connectivity index (χ1) is 13.4. The number of carbonyl (C=O) groups is 3. The van der Waals surface area contributed by atoms with Crippen molar-refractivity contribution in [2.45, 2.75) is 13.0 Å². The molecule has 1 N–H and O–H groups in total. The van der Waals surface area contributed by atoms with Crippen LogP contribution in [0.15, 0.2) is 48.5 Å². The third-order valence-corrected chi connectivity index (χ3v) is 4.30. The highest BCUT2D eigenvalue weighted by Crippen LogP contribution is 2.26. The molecule has 0 bridgehead atoms. The zero-order chi connectivity index (χ0) is 20.1. The van der Waals surface area contributed by atoms with E-state index in [0.29, 0.717) is 6.07 Å². The van der Waals surface area contributed by atoms with Crippen molar-refractivity contribution in [2.75, 3.05) is 18.0 Å². The van der Waals surface area contributed by atoms with Crippen molar-refractivity contribution < 1.29 is 27.9 Å². The molecule has 0 aliphatic carbocycles. The fourth-order valence-electron chi connectivity index (χ4n) is 2.92. The average molecular weight is 388 g/mol. The first-order valence-electron chi connectivity index (χ1n) is 8.66. The third-order valence-electron chi connectivity index (χ3n) is 4.30. The summed E-state index contributed by atoms with van der Waals surface area (Å²) in [6, 6.07) is 11.9. The predicted octanol–water partition coefficient (Wildman–Crippen LogP) is 2.18. The summed E-state index contributed by atoms with van der Waals surface area (Å²) in [5.41, 5.74) is 0.876. The molecule has 146 valence electrons. The van der Waals surface area contributed by atoms with Crippen molar-refractivity contribution in [3.8, 4) is 0 Å². The van der Waals surface area contributed by atoms with Gasteiger partial charge in [0.2, 0.25) is 11.8 Å². The number of rotatable bonds is 6. The molecule has 1 aliphatic heterocycles. The third kappa shape index (κ3) is 4.91. The lowest BCUT2D eigenvalue weighted by molar-refractivity contribution is -0.145. The van der Waals surface area contributed by atoms with Crippen molar-refractivity contribution >= 4 is 23.5 Å². The van der Waals surface area contributed by atoms with Gasteiger partial charge in [0.05, 0.1) is 5.92 Å². The Morgan fingerprint density at radius 1 is 1.11 bits per heavy atom. The van der Waals surface area contributed by atoms with Crippen molar-refractivity contribution in [3.05, 3.63) is 65.7 Å². The van der Waals surface area contributed by atoms with Crippen molar-refractivity contribution in [1.82, 2.24) is 5.32 Å². The number of esters is 1. The smallest absolute Gasteiger partial charge is 0.325 e. The number of hydrogen-bond acceptors (Lipinski definition) is 4. The highest BCUT2D eigenvalue weighted by molar-refractivity contribution is 6.00. The Bertz CT molecular complexity index is 869. The number of hydrogen-bond donors (Lipinski definition) is 1. The van der Waals surface area contributed by atoms with Gasteiger partial charge in [-0.1, -0.05) is 30.3 Å². The summed E-state index contributed by atoms with van der Waals surface area (Å²) in [6.07, 6.45) is -0.108. The fraction of sp³-hybridized carbons (Fsp3) is 0.250. The molecule has 0 aromatic heterocycles. The standard InChI is InChI=1S/C20H18F2N2O4/c21-15-7-16(22)9-17(8-15)24-11-14(6-18(24)25)20(27)23-10-19(26)28-12-13-4-2-1-3-5-13/h1-5,7-9,14H,6,10-12H2,(H,23,27). The molecule has 0 radical (unpaired) electrons. The fourth-order valence-corrected chi connectivity index (χ4v) is 2.92. The SMILES string of the molecule is O=C(CNC(=O)C1CC(=O)N(c2cc(F)cc(F)c2)C1)OCc1ccccc1. The number of nitrogens with one attached hydrogen (secondary N) is 1. The Hall–Kier alpha value is -3.29. The average Bonchev–Trinajstić information content (AvgIpc) is 3.06. The molecule has 6 nitrogen and oxygen atoms in total. The summed E-state index contributed by atoms with van der Waals surface area (Å²) in [5, 5.41) is 2.44. The largest absolute Gasteiger partial charge is 0.460 e. The van der Waals surface area contributed by atoms with E-state index in [9.17, 15) is 23.2 Å². The zero-order valence-electron chi connectivity index (χ0n) is 14.9. The quantitative estimate of drug-likeness (QED) is 0.770. The van der Waals surface area contributed by atoms with Gasteiger partial charge in [0.15, 0.2) is 0 Å². The summed E-state index contributed by atoms with van der Waals surface area (Å²) < 4.78 is 31.8. The molecule has 1 unspecified atom stereocenters. The van der Waals surface area contributed by atoms with Gasteiger partial charge in [-0.3, -0.25) is 14.4 Å². The van der Waals surface area contributed by atoms with E-state index in [1.54, 1.807) is 12.1 Å². The maximum absolute atomic E-state index is 13.4. The molecule has 8 heteroatoms. The molecule has 0 saturated carbocycles. The minimum Gasteiger partial charge on any atom is -0.460 e. The monoisotopic (exact) mass is 388 g/mol. The van der Waals surface area contributed by atoms with Crippen LogP contribution in [-0.2, 0) is 25.7 Å². The lowest BCUT2D eigenvalue weighted by atomic mass is 10.1. The second-order valence-electron chi connectivity index (χ2n) is 6.40. The van der Waals surface area contributed by atoms with Crippen LogP contribution in [0.1, 0.15) is 12.0 Å². The van der Waals surface area contributed by atoms with Crippen LogP contribution < -0.4 is 10.2 Å². The van der Waals surface area contributed by atoms with Crippen molar-refractivity contribution in [2.24, 2.45) is 5.92 Å². The van der Waals surface area contributed by atoms with E-state index >= 15 is 0 Å². The Balaban J connectivity index is 1.49. The minimum absolute atomic E-state index is 0.0212. The van der Waals surface area contributed by atoms with Crippen molar-refractivity contribution in [3.63, 3.8) is 0 Å². The minimum atomic E-state index is -0.808. The van der Waals surface area contributed by atoms with E-state index in [2.05, 4.69) is 5.32 Å². The summed E-state index contributed by atoms with van der Waals surface area (Å²) in [7, 11) is 0. The molecule has 2 aromatic carbocycles. The Kier molecular flexibility index (Phi) is 5.98. The molecule has 0 spiro atoms. The number of ether oxygens (including phenoxy) is 1. The van der Waals surface area contributed by atoms with Crippen LogP contribution in [0.25, 0.3) is 0 Å². The van der Waals surface area contributed by atoms with Gasteiger partial charge < -0.3 is 15.0 Å². The van der Waals surface area contributed by atoms with E-state index < -0.39 is 35.3 Å². The zero-order valence-corrected chi connectivity index (χ0v) is 14.9. The summed E-state index contributed by atoms with van der Waals surface area (Å²) in [6.45, 7) is -0.256. The Morgan fingerprint density at radius 3 is 2.46 bits per heavy atom. The normalized spacial score (nSPS) is 16.1. The predicted molar refractivity (Wildman–Crippen MR) is 96.1 cm³/mol. The van der Waals surface area contributed by atoms with Gasteiger partial charge in [-0.25, -0.2) is 8.78 Å². The number of anilines is 1. The Labute approximate surface area is 160 Å². The van der Waals surface area contributed by atoms with Crippen LogP contribution in [0.5, 0.6) is 0 Å². The molecule has 2 amide bonds. The summed E-state index contributed by atoms with van der Waals surface area (Å²) >= 11 is 0. The summed E-state index contributed by atoms with van der Waals surface area (Å²) in [4.78, 5) is 37.3. The van der Waals surface area contributed by atoms with Gasteiger partial charge in [-0.15, -0.1) is 0 Å². The number of halogens is 2. The number of nitrogens with zero attached hydrogens (tertiary/aromatic N) is 1. The topological polar surface area (TPSA) is 75.7 Å². The molecule has 1 fully saturated rings. The summed E-state index contributed by atoms with van der Waals surface area (Å²) in [5.74, 6) is -3.86. The van der Waals surface area contributed by atoms with Crippen LogP contribution in [-0.4, -0.2) is 30.9 Å². The molecular formula is C20H18F2N2O4. The van der Waals surface area contributed by atoms with Crippen LogP contribution in [0.4, 0.5) is 14.5 Å². The van der Waals surface area contributed by atoms with Gasteiger partial charge in [-0.05, 0) is 17.7 Å². The Morgan fingerprint density at radius 2 is 1.79 bits per heavy atom. The molecule has 2 aromatic rings. The van der Waals surface area contributed by atoms with Gasteiger partial charge in [-0.2, -0.15) is 0 Å². The lowest BCUT2D eigenvalue weighted by Gasteiger charge is -2.17. The highest BCUT2D eigenvalue weighted by Gasteiger charge is 2.35. The van der Waals surface area contributed by atoms with Crippen LogP contribution in [0.2, 0.25) is 0 Å². The van der Waals surface area contributed by atoms with Gasteiger partial charge in [0, 0.05) is 24.7 Å². The maximum Gasteiger partial charge on any atom is 0.325 e. The number of benzene rings is 2. The number of amides is 2. The van der Waals surface area contributed by atoms with E-state index in [1.165, 1.54) is 0 Å². The number of carbonyl (C=O) groups excluding carboxylic acids is 3. The van der Waals surface area contributed by atoms with E-state index in [0.717, 1.165) is 22.6 Å². The lowest BCUT2D eigenvalue weighted by Crippen LogP contribution is -2.36. The van der Waals surface area contributed by atoms with E-state index in [1.807, 2.05) is 18.2 Å². The van der Waals surface area contributed by atoms with Crippen molar-refractivity contribution in [1.29, 1.82) is 0 Å². The first kappa shape index (κ1) is 19.5. The molecule has 1 atom stereocenters. The van der Waals surface area contributed by atoms with E-state index in [4.69, 9.17) is 4.74 Å². The first-order valence-corrected chi connectivity index (χ1v) is 8.66. The molecular weight excluding hydrogens is 370 g/mol. The van der Waals surface area contributed by atoms with Gasteiger partial charge in [0.1, 0.15) is 24.8 Å². The molecule has 28 heavy (non-hydrogen) atoms. The van der Waals surface area contributed by atoms with Crippen LogP contribution >= 0.6 is 0 Å². The van der Waals surface area contributed by atoms with Crippen LogP contribution in [0.3, 0.4) is 0 Å². The molecule has 3 rings (SSSR count). The second-order valence-corrected chi connectivity index (χ2v) is 6.40. The van der Waals surface area contributed by atoms with Crippen LogP contribution in [0, 0.1) is 17.6 Å². The second kappa shape index (κ2) is 8.60. The van der Waals surface area contributed by atoms with Gasteiger partial charge in [0.25, 0.3) is 0 Å². The molecule has 1 saturated heterocycles. The van der Waals surface area contributed by atoms with Gasteiger partial charge >= 0.3 is 5.97 Å². The molecule has 1 aliphatic rings. The van der Waals surface area contributed by atoms with E-state index in [-0.39, 0.29) is 31.8 Å².